The highest BCUT2D eigenvalue weighted by molar-refractivity contribution is 5.75. The topological polar surface area (TPSA) is 26.8 Å². The van der Waals surface area contributed by atoms with Crippen LogP contribution >= 0.6 is 0 Å². The van der Waals surface area contributed by atoms with E-state index in [4.69, 9.17) is 0 Å². The van der Waals surface area contributed by atoms with E-state index >= 15 is 0 Å². The van der Waals surface area contributed by atoms with Gasteiger partial charge in [-0.3, -0.25) is 4.79 Å². The molecule has 0 aromatic heterocycles. The summed E-state index contributed by atoms with van der Waals surface area (Å²) in [7, 11) is 10.3. The van der Waals surface area contributed by atoms with Gasteiger partial charge in [0.25, 0.3) is 0 Å². The minimum Gasteiger partial charge on any atom is -0.346 e. The number of hydrogen-bond acceptors (Lipinski definition) is 3. The molecule has 0 bridgehead atoms. The molecule has 0 aliphatic rings. The normalized spacial score (nSPS) is 10.6. The molecule has 0 aromatic carbocycles. The number of hydrogen-bond donors (Lipinski definition) is 0. The van der Waals surface area contributed by atoms with Gasteiger partial charge in [0.05, 0.1) is 0 Å². The minimum atomic E-state index is 0.303. The van der Waals surface area contributed by atoms with Gasteiger partial charge in [-0.1, -0.05) is 33.1 Å². The Balaban J connectivity index is 0. The van der Waals surface area contributed by atoms with Crippen LogP contribution in [0.15, 0.2) is 0 Å². The highest BCUT2D eigenvalue weighted by Gasteiger charge is 2.07. The van der Waals surface area contributed by atoms with E-state index in [1.165, 1.54) is 32.2 Å². The first-order valence-electron chi connectivity index (χ1n) is 8.97. The van der Waals surface area contributed by atoms with E-state index in [0.717, 1.165) is 25.9 Å². The van der Waals surface area contributed by atoms with Crippen molar-refractivity contribution >= 4 is 5.91 Å². The molecule has 0 spiro atoms. The van der Waals surface area contributed by atoms with Gasteiger partial charge in [0.15, 0.2) is 0 Å². The molecule has 0 atom stereocenters. The molecule has 0 aliphatic carbocycles. The van der Waals surface area contributed by atoms with Crippen LogP contribution in [0.4, 0.5) is 0 Å². The lowest BCUT2D eigenvalue weighted by Crippen LogP contribution is -2.29. The van der Waals surface area contributed by atoms with Crippen molar-refractivity contribution in [2.45, 2.75) is 58.8 Å². The molecule has 1 amide bonds. The quantitative estimate of drug-likeness (QED) is 0.517. The van der Waals surface area contributed by atoms with Gasteiger partial charge in [-0.15, -0.1) is 0 Å². The van der Waals surface area contributed by atoms with Crippen molar-refractivity contribution in [1.82, 2.24) is 14.7 Å². The lowest BCUT2D eigenvalue weighted by Gasteiger charge is -2.18. The maximum absolute atomic E-state index is 11.9. The zero-order chi connectivity index (χ0) is 17.4. The summed E-state index contributed by atoms with van der Waals surface area (Å²) in [5.41, 5.74) is 0. The first kappa shape index (κ1) is 23.7. The molecule has 22 heavy (non-hydrogen) atoms. The van der Waals surface area contributed by atoms with Crippen LogP contribution in [0.25, 0.3) is 0 Å². The Morgan fingerprint density at radius 3 is 1.64 bits per heavy atom. The van der Waals surface area contributed by atoms with Crippen LogP contribution in [-0.2, 0) is 4.79 Å². The van der Waals surface area contributed by atoms with Crippen LogP contribution in [0.5, 0.6) is 0 Å². The van der Waals surface area contributed by atoms with E-state index in [9.17, 15) is 4.79 Å². The van der Waals surface area contributed by atoms with E-state index in [1.54, 1.807) is 0 Å². The highest BCUT2D eigenvalue weighted by Crippen LogP contribution is 2.07. The van der Waals surface area contributed by atoms with Crippen molar-refractivity contribution in [2.75, 3.05) is 54.9 Å². The molecular weight excluding hydrogens is 274 g/mol. The molecule has 0 N–H and O–H groups in total. The monoisotopic (exact) mass is 315 g/mol. The van der Waals surface area contributed by atoms with Gasteiger partial charge in [-0.25, -0.2) is 0 Å². The number of rotatable bonds is 12. The zero-order valence-electron chi connectivity index (χ0n) is 16.3. The van der Waals surface area contributed by atoms with Crippen LogP contribution in [0, 0.1) is 0 Å². The molecule has 134 valence electrons. The number of unbranched alkanes of at least 4 members (excludes halogenated alkanes) is 4. The molecule has 0 aliphatic heterocycles. The molecule has 4 heteroatoms. The first-order chi connectivity index (χ1) is 10.4. The molecule has 0 unspecified atom stereocenters. The molecule has 4 nitrogen and oxygen atoms in total. The molecule has 0 rings (SSSR count). The molecule has 0 fully saturated rings. The Hall–Kier alpha value is -0.610. The van der Waals surface area contributed by atoms with Gasteiger partial charge >= 0.3 is 0 Å². The Kier molecular flexibility index (Phi) is 18.0. The molecule has 0 saturated heterocycles. The summed E-state index contributed by atoms with van der Waals surface area (Å²) in [6.07, 6.45) is 7.80. The maximum Gasteiger partial charge on any atom is 0.222 e. The van der Waals surface area contributed by atoms with Crippen LogP contribution < -0.4 is 0 Å². The van der Waals surface area contributed by atoms with Crippen LogP contribution in [0.3, 0.4) is 0 Å². The fourth-order valence-electron chi connectivity index (χ4n) is 2.17. The second-order valence-electron chi connectivity index (χ2n) is 6.29. The Bertz CT molecular complexity index is 242. The largest absolute Gasteiger partial charge is 0.346 e. The Labute approximate surface area is 139 Å². The SMILES string of the molecule is CC.CN(C)CCCCCCCC(=O)N(C)CCCN(C)C. The van der Waals surface area contributed by atoms with Crippen molar-refractivity contribution in [3.63, 3.8) is 0 Å². The molecule has 0 saturated carbocycles. The third-order valence-electron chi connectivity index (χ3n) is 3.52. The van der Waals surface area contributed by atoms with E-state index in [-0.39, 0.29) is 0 Å². The van der Waals surface area contributed by atoms with Crippen molar-refractivity contribution in [1.29, 1.82) is 0 Å². The van der Waals surface area contributed by atoms with Gasteiger partial charge < -0.3 is 14.7 Å². The molecular formula is C18H41N3O. The van der Waals surface area contributed by atoms with E-state index in [2.05, 4.69) is 38.0 Å². The predicted octanol–water partition coefficient (Wildman–Crippen LogP) is 3.32. The smallest absolute Gasteiger partial charge is 0.222 e. The maximum atomic E-state index is 11.9. The standard InChI is InChI=1S/C16H35N3O.C2H6/c1-17(2)13-10-8-6-7-9-12-16(20)19(5)15-11-14-18(3)4;1-2/h6-15H2,1-5H3;1-2H3. The summed E-state index contributed by atoms with van der Waals surface area (Å²) >= 11 is 0. The number of carbonyl (C=O) groups is 1. The summed E-state index contributed by atoms with van der Waals surface area (Å²) in [5.74, 6) is 0.303. The average molecular weight is 316 g/mol. The highest BCUT2D eigenvalue weighted by atomic mass is 16.2. The Morgan fingerprint density at radius 1 is 0.636 bits per heavy atom. The van der Waals surface area contributed by atoms with E-state index < -0.39 is 0 Å². The summed E-state index contributed by atoms with van der Waals surface area (Å²) in [5, 5.41) is 0. The van der Waals surface area contributed by atoms with Crippen LogP contribution in [-0.4, -0.2) is 75.5 Å². The van der Waals surface area contributed by atoms with Crippen molar-refractivity contribution in [3.05, 3.63) is 0 Å². The second kappa shape index (κ2) is 16.8. The fraction of sp³-hybridized carbons (Fsp3) is 0.944. The molecule has 0 radical (unpaired) electrons. The van der Waals surface area contributed by atoms with Crippen molar-refractivity contribution < 1.29 is 4.79 Å². The van der Waals surface area contributed by atoms with Gasteiger partial charge in [0, 0.05) is 20.0 Å². The third-order valence-corrected chi connectivity index (χ3v) is 3.52. The van der Waals surface area contributed by atoms with Gasteiger partial charge in [0.1, 0.15) is 0 Å². The molecule has 0 aromatic rings. The lowest BCUT2D eigenvalue weighted by atomic mass is 10.1. The lowest BCUT2D eigenvalue weighted by molar-refractivity contribution is -0.130. The van der Waals surface area contributed by atoms with Gasteiger partial charge in [-0.05, 0) is 60.5 Å². The van der Waals surface area contributed by atoms with Crippen molar-refractivity contribution in [3.8, 4) is 0 Å². The number of carbonyl (C=O) groups excluding carboxylic acids is 1. The summed E-state index contributed by atoms with van der Waals surface area (Å²) in [6.45, 7) is 7.09. The summed E-state index contributed by atoms with van der Waals surface area (Å²) < 4.78 is 0. The first-order valence-corrected chi connectivity index (χ1v) is 8.97. The third kappa shape index (κ3) is 17.4. The summed E-state index contributed by atoms with van der Waals surface area (Å²) in [4.78, 5) is 18.2. The zero-order valence-corrected chi connectivity index (χ0v) is 16.3. The number of amides is 1. The summed E-state index contributed by atoms with van der Waals surface area (Å²) in [6, 6.07) is 0. The number of nitrogens with zero attached hydrogens (tertiary/aromatic N) is 3. The fourth-order valence-corrected chi connectivity index (χ4v) is 2.17. The minimum absolute atomic E-state index is 0.303. The van der Waals surface area contributed by atoms with E-state index in [1.807, 2.05) is 25.8 Å². The Morgan fingerprint density at radius 2 is 1.09 bits per heavy atom. The molecule has 0 heterocycles. The van der Waals surface area contributed by atoms with Crippen LogP contribution in [0.1, 0.15) is 58.8 Å². The van der Waals surface area contributed by atoms with E-state index in [0.29, 0.717) is 12.3 Å². The van der Waals surface area contributed by atoms with Crippen molar-refractivity contribution in [2.24, 2.45) is 0 Å². The predicted molar refractivity (Wildman–Crippen MR) is 98.4 cm³/mol. The average Bonchev–Trinajstić information content (AvgIpc) is 2.47. The van der Waals surface area contributed by atoms with Crippen LogP contribution in [0.2, 0.25) is 0 Å². The van der Waals surface area contributed by atoms with Gasteiger partial charge in [-0.2, -0.15) is 0 Å². The van der Waals surface area contributed by atoms with Gasteiger partial charge in [0.2, 0.25) is 5.91 Å². The second-order valence-corrected chi connectivity index (χ2v) is 6.29.